The molecule has 0 aliphatic heterocycles. The third-order valence-electron chi connectivity index (χ3n) is 2.68. The van der Waals surface area contributed by atoms with Gasteiger partial charge in [0.25, 0.3) is 0 Å². The molecule has 1 heterocycles. The molecule has 1 unspecified atom stereocenters. The molecule has 1 atom stereocenters. The van der Waals surface area contributed by atoms with Gasteiger partial charge in [0.05, 0.1) is 16.5 Å². The molecule has 20 heavy (non-hydrogen) atoms. The molecule has 2 aromatic rings. The third kappa shape index (κ3) is 3.55. The van der Waals surface area contributed by atoms with Gasteiger partial charge in [-0.05, 0) is 36.1 Å². The Bertz CT molecular complexity index is 576. The Hall–Kier alpha value is -1.00. The van der Waals surface area contributed by atoms with Gasteiger partial charge in [-0.2, -0.15) is 0 Å². The van der Waals surface area contributed by atoms with E-state index in [1.807, 2.05) is 24.4 Å². The first-order chi connectivity index (χ1) is 9.63. The van der Waals surface area contributed by atoms with Gasteiger partial charge in [-0.3, -0.25) is 0 Å². The molecule has 5 heteroatoms. The van der Waals surface area contributed by atoms with Crippen molar-refractivity contribution in [3.63, 3.8) is 0 Å². The Kier molecular flexibility index (Phi) is 5.49. The van der Waals surface area contributed by atoms with E-state index in [1.54, 1.807) is 24.3 Å². The molecule has 0 amide bonds. The summed E-state index contributed by atoms with van der Waals surface area (Å²) in [5.41, 5.74) is 0.674. The standard InChI is InChI=1S/C15H14Cl2O2S/c1-2-19-15(12-4-3-9-20-12)13(17)14(18)10-5-7-11(16)8-6-10/h3-9,14,18H,2H2,1H3/b15-13+. The molecule has 0 aliphatic carbocycles. The maximum atomic E-state index is 10.4. The lowest BCUT2D eigenvalue weighted by molar-refractivity contribution is 0.216. The Labute approximate surface area is 132 Å². The van der Waals surface area contributed by atoms with Crippen molar-refractivity contribution in [2.24, 2.45) is 0 Å². The summed E-state index contributed by atoms with van der Waals surface area (Å²) in [6, 6.07) is 10.7. The van der Waals surface area contributed by atoms with Gasteiger partial charge in [-0.15, -0.1) is 11.3 Å². The summed E-state index contributed by atoms with van der Waals surface area (Å²) in [5, 5.41) is 13.2. The lowest BCUT2D eigenvalue weighted by atomic mass is 10.1. The lowest BCUT2D eigenvalue weighted by Gasteiger charge is -2.15. The Morgan fingerprint density at radius 3 is 2.55 bits per heavy atom. The Balaban J connectivity index is 2.36. The van der Waals surface area contributed by atoms with Crippen LogP contribution in [0.3, 0.4) is 0 Å². The molecule has 1 aromatic heterocycles. The first kappa shape index (κ1) is 15.4. The highest BCUT2D eigenvalue weighted by atomic mass is 35.5. The van der Waals surface area contributed by atoms with Crippen molar-refractivity contribution >= 4 is 40.3 Å². The van der Waals surface area contributed by atoms with Gasteiger partial charge in [0.15, 0.2) is 5.76 Å². The minimum Gasteiger partial charge on any atom is -0.491 e. The number of halogens is 2. The van der Waals surface area contributed by atoms with Crippen molar-refractivity contribution in [3.8, 4) is 0 Å². The zero-order chi connectivity index (χ0) is 14.5. The smallest absolute Gasteiger partial charge is 0.153 e. The average molecular weight is 329 g/mol. The second-order valence-corrected chi connectivity index (χ2v) is 5.83. The number of benzene rings is 1. The molecule has 0 bridgehead atoms. The zero-order valence-corrected chi connectivity index (χ0v) is 13.2. The number of aliphatic hydroxyl groups is 1. The van der Waals surface area contributed by atoms with Gasteiger partial charge in [-0.1, -0.05) is 41.4 Å². The number of aliphatic hydroxyl groups excluding tert-OH is 1. The maximum Gasteiger partial charge on any atom is 0.153 e. The first-order valence-corrected chi connectivity index (χ1v) is 7.77. The molecule has 2 rings (SSSR count). The summed E-state index contributed by atoms with van der Waals surface area (Å²) >= 11 is 13.7. The highest BCUT2D eigenvalue weighted by molar-refractivity contribution is 7.11. The molecule has 0 fully saturated rings. The van der Waals surface area contributed by atoms with Gasteiger partial charge < -0.3 is 9.84 Å². The number of hydrogen-bond acceptors (Lipinski definition) is 3. The summed E-state index contributed by atoms with van der Waals surface area (Å²) in [6.45, 7) is 2.36. The minimum atomic E-state index is -0.933. The van der Waals surface area contributed by atoms with Crippen LogP contribution in [0.2, 0.25) is 5.02 Å². The summed E-state index contributed by atoms with van der Waals surface area (Å²) in [5.74, 6) is 0.520. The molecule has 2 nitrogen and oxygen atoms in total. The fraction of sp³-hybridized carbons (Fsp3) is 0.200. The average Bonchev–Trinajstić information content (AvgIpc) is 2.98. The summed E-state index contributed by atoms with van der Waals surface area (Å²) in [6.07, 6.45) is -0.933. The van der Waals surface area contributed by atoms with E-state index in [1.165, 1.54) is 11.3 Å². The maximum absolute atomic E-state index is 10.4. The van der Waals surface area contributed by atoms with Crippen LogP contribution in [0.4, 0.5) is 0 Å². The van der Waals surface area contributed by atoms with Crippen LogP contribution in [-0.2, 0) is 4.74 Å². The van der Waals surface area contributed by atoms with Crippen LogP contribution in [0.5, 0.6) is 0 Å². The molecule has 106 valence electrons. The molecule has 0 saturated heterocycles. The second kappa shape index (κ2) is 7.14. The Morgan fingerprint density at radius 1 is 1.30 bits per heavy atom. The predicted molar refractivity (Wildman–Crippen MR) is 85.1 cm³/mol. The third-order valence-corrected chi connectivity index (χ3v) is 4.18. The van der Waals surface area contributed by atoms with Crippen molar-refractivity contribution in [2.75, 3.05) is 6.61 Å². The molecule has 0 saturated carbocycles. The van der Waals surface area contributed by atoms with E-state index >= 15 is 0 Å². The van der Waals surface area contributed by atoms with E-state index in [4.69, 9.17) is 27.9 Å². The summed E-state index contributed by atoms with van der Waals surface area (Å²) in [7, 11) is 0. The molecule has 0 spiro atoms. The zero-order valence-electron chi connectivity index (χ0n) is 10.8. The van der Waals surface area contributed by atoms with Gasteiger partial charge in [-0.25, -0.2) is 0 Å². The van der Waals surface area contributed by atoms with E-state index in [0.29, 0.717) is 23.0 Å². The summed E-state index contributed by atoms with van der Waals surface area (Å²) in [4.78, 5) is 0.893. The van der Waals surface area contributed by atoms with E-state index in [2.05, 4.69) is 0 Å². The van der Waals surface area contributed by atoms with E-state index in [9.17, 15) is 5.11 Å². The SMILES string of the molecule is CCO/C(=C(/Cl)C(O)c1ccc(Cl)cc1)c1cccs1. The summed E-state index contributed by atoms with van der Waals surface area (Å²) < 4.78 is 5.59. The largest absolute Gasteiger partial charge is 0.491 e. The van der Waals surface area contributed by atoms with E-state index in [-0.39, 0.29) is 5.03 Å². The van der Waals surface area contributed by atoms with Crippen molar-refractivity contribution in [1.29, 1.82) is 0 Å². The van der Waals surface area contributed by atoms with Crippen LogP contribution in [-0.4, -0.2) is 11.7 Å². The highest BCUT2D eigenvalue weighted by Gasteiger charge is 2.19. The van der Waals surface area contributed by atoms with Crippen molar-refractivity contribution in [3.05, 3.63) is 62.3 Å². The minimum absolute atomic E-state index is 0.275. The Morgan fingerprint density at radius 2 is 2.00 bits per heavy atom. The van der Waals surface area contributed by atoms with Crippen molar-refractivity contribution in [1.82, 2.24) is 0 Å². The number of rotatable bonds is 5. The molecule has 0 aliphatic rings. The quantitative estimate of drug-likeness (QED) is 0.775. The van der Waals surface area contributed by atoms with Crippen LogP contribution in [0.25, 0.3) is 5.76 Å². The van der Waals surface area contributed by atoms with Crippen molar-refractivity contribution in [2.45, 2.75) is 13.0 Å². The normalized spacial score (nSPS) is 13.8. The predicted octanol–water partition coefficient (Wildman–Crippen LogP) is 5.08. The molecule has 1 N–H and O–H groups in total. The van der Waals surface area contributed by atoms with Crippen LogP contribution in [0.1, 0.15) is 23.5 Å². The van der Waals surface area contributed by atoms with Crippen LogP contribution in [0, 0.1) is 0 Å². The van der Waals surface area contributed by atoms with Crippen LogP contribution >= 0.6 is 34.5 Å². The van der Waals surface area contributed by atoms with E-state index < -0.39 is 6.10 Å². The highest BCUT2D eigenvalue weighted by Crippen LogP contribution is 2.34. The monoisotopic (exact) mass is 328 g/mol. The molecule has 1 aromatic carbocycles. The van der Waals surface area contributed by atoms with Crippen molar-refractivity contribution < 1.29 is 9.84 Å². The van der Waals surface area contributed by atoms with Gasteiger partial charge in [0, 0.05) is 5.02 Å². The molecule has 0 radical (unpaired) electrons. The number of ether oxygens (including phenoxy) is 1. The van der Waals surface area contributed by atoms with Crippen LogP contribution in [0.15, 0.2) is 46.8 Å². The molecular formula is C15H14Cl2O2S. The van der Waals surface area contributed by atoms with Gasteiger partial charge in [0.2, 0.25) is 0 Å². The van der Waals surface area contributed by atoms with Gasteiger partial charge in [0.1, 0.15) is 6.10 Å². The topological polar surface area (TPSA) is 29.5 Å². The van der Waals surface area contributed by atoms with Gasteiger partial charge >= 0.3 is 0 Å². The fourth-order valence-corrected chi connectivity index (χ4v) is 2.93. The first-order valence-electron chi connectivity index (χ1n) is 6.13. The lowest BCUT2D eigenvalue weighted by Crippen LogP contribution is -2.02. The second-order valence-electron chi connectivity index (χ2n) is 4.04. The van der Waals surface area contributed by atoms with E-state index in [0.717, 1.165) is 4.88 Å². The number of thiophene rings is 1. The van der Waals surface area contributed by atoms with Crippen LogP contribution < -0.4 is 0 Å². The number of hydrogen-bond donors (Lipinski definition) is 1. The molecular weight excluding hydrogens is 315 g/mol. The fourth-order valence-electron chi connectivity index (χ4n) is 1.73.